The molecule has 0 spiro atoms. The van der Waals surface area contributed by atoms with Crippen LogP contribution in [0.3, 0.4) is 0 Å². The summed E-state index contributed by atoms with van der Waals surface area (Å²) in [6.45, 7) is 0.970. The van der Waals surface area contributed by atoms with Crippen LogP contribution in [0.2, 0.25) is 0 Å². The Hall–Kier alpha value is -1.10. The van der Waals surface area contributed by atoms with Gasteiger partial charge in [0.05, 0.1) is 6.42 Å². The van der Waals surface area contributed by atoms with Gasteiger partial charge < -0.3 is 14.9 Å². The number of carbonyl (C=O) groups excluding carboxylic acids is 1. The predicted molar refractivity (Wildman–Crippen MR) is 53.1 cm³/mol. The molecule has 0 saturated heterocycles. The number of amides is 1. The summed E-state index contributed by atoms with van der Waals surface area (Å²) in [7, 11) is 5.41. The van der Waals surface area contributed by atoms with Crippen molar-refractivity contribution in [3.63, 3.8) is 0 Å². The van der Waals surface area contributed by atoms with Gasteiger partial charge in [0.1, 0.15) is 0 Å². The maximum Gasteiger partial charge on any atom is 0.305 e. The van der Waals surface area contributed by atoms with Gasteiger partial charge in [0.2, 0.25) is 5.91 Å². The van der Waals surface area contributed by atoms with Crippen molar-refractivity contribution in [2.24, 2.45) is 0 Å². The van der Waals surface area contributed by atoms with E-state index in [0.29, 0.717) is 13.0 Å². The van der Waals surface area contributed by atoms with E-state index in [1.54, 1.807) is 7.05 Å². The standard InChI is InChI=1S/C9H18N2O3/c1-10(2)6-4-8(12)11(3)7-5-9(13)14/h4-7H2,1-3H3,(H,13,14). The smallest absolute Gasteiger partial charge is 0.305 e. The average Bonchev–Trinajstić information content (AvgIpc) is 2.09. The summed E-state index contributed by atoms with van der Waals surface area (Å²) in [4.78, 5) is 25.0. The van der Waals surface area contributed by atoms with Crippen LogP contribution in [-0.2, 0) is 9.59 Å². The topological polar surface area (TPSA) is 60.9 Å². The van der Waals surface area contributed by atoms with Crippen LogP contribution < -0.4 is 0 Å². The van der Waals surface area contributed by atoms with Crippen molar-refractivity contribution in [2.75, 3.05) is 34.2 Å². The van der Waals surface area contributed by atoms with Gasteiger partial charge in [-0.2, -0.15) is 0 Å². The van der Waals surface area contributed by atoms with Crippen LogP contribution >= 0.6 is 0 Å². The third-order valence-electron chi connectivity index (χ3n) is 1.86. The van der Waals surface area contributed by atoms with Crippen LogP contribution in [-0.4, -0.2) is 61.0 Å². The lowest BCUT2D eigenvalue weighted by Crippen LogP contribution is -2.31. The summed E-state index contributed by atoms with van der Waals surface area (Å²) in [5.41, 5.74) is 0. The van der Waals surface area contributed by atoms with Crippen LogP contribution in [0.25, 0.3) is 0 Å². The van der Waals surface area contributed by atoms with Crippen LogP contribution in [0.4, 0.5) is 0 Å². The first kappa shape index (κ1) is 12.9. The molecule has 0 heterocycles. The minimum atomic E-state index is -0.878. The fourth-order valence-electron chi connectivity index (χ4n) is 0.898. The highest BCUT2D eigenvalue weighted by atomic mass is 16.4. The lowest BCUT2D eigenvalue weighted by molar-refractivity contribution is -0.138. The van der Waals surface area contributed by atoms with E-state index in [1.807, 2.05) is 19.0 Å². The van der Waals surface area contributed by atoms with Gasteiger partial charge >= 0.3 is 5.97 Å². The normalized spacial score (nSPS) is 10.3. The number of nitrogens with zero attached hydrogens (tertiary/aromatic N) is 2. The van der Waals surface area contributed by atoms with Crippen molar-refractivity contribution in [3.05, 3.63) is 0 Å². The van der Waals surface area contributed by atoms with Crippen molar-refractivity contribution < 1.29 is 14.7 Å². The summed E-state index contributed by atoms with van der Waals surface area (Å²) in [5.74, 6) is -0.891. The maximum absolute atomic E-state index is 11.4. The molecule has 0 atom stereocenters. The second kappa shape index (κ2) is 6.37. The van der Waals surface area contributed by atoms with Crippen molar-refractivity contribution in [1.82, 2.24) is 9.80 Å². The van der Waals surface area contributed by atoms with Gasteiger partial charge in [-0.25, -0.2) is 0 Å². The SMILES string of the molecule is CN(C)CCC(=O)N(C)CCC(=O)O. The van der Waals surface area contributed by atoms with Gasteiger partial charge in [0.15, 0.2) is 0 Å². The molecule has 82 valence electrons. The number of carbonyl (C=O) groups is 2. The third-order valence-corrected chi connectivity index (χ3v) is 1.86. The van der Waals surface area contributed by atoms with Crippen LogP contribution in [0, 0.1) is 0 Å². The number of hydrogen-bond acceptors (Lipinski definition) is 3. The first-order valence-corrected chi connectivity index (χ1v) is 4.54. The Morgan fingerprint density at radius 3 is 2.07 bits per heavy atom. The molecular weight excluding hydrogens is 184 g/mol. The Balaban J connectivity index is 3.70. The van der Waals surface area contributed by atoms with Gasteiger partial charge in [-0.3, -0.25) is 9.59 Å². The number of carboxylic acid groups (broad SMARTS) is 1. The zero-order chi connectivity index (χ0) is 11.1. The fraction of sp³-hybridized carbons (Fsp3) is 0.778. The molecule has 14 heavy (non-hydrogen) atoms. The molecule has 0 saturated carbocycles. The van der Waals surface area contributed by atoms with Gasteiger partial charge in [0, 0.05) is 26.6 Å². The molecule has 1 N–H and O–H groups in total. The first-order valence-electron chi connectivity index (χ1n) is 4.54. The minimum absolute atomic E-state index is 0.00417. The van der Waals surface area contributed by atoms with Crippen molar-refractivity contribution in [3.8, 4) is 0 Å². The lowest BCUT2D eigenvalue weighted by atomic mass is 10.3. The monoisotopic (exact) mass is 202 g/mol. The first-order chi connectivity index (χ1) is 6.43. The second-order valence-corrected chi connectivity index (χ2v) is 3.51. The van der Waals surface area contributed by atoms with Crippen molar-refractivity contribution in [2.45, 2.75) is 12.8 Å². The van der Waals surface area contributed by atoms with E-state index in [2.05, 4.69) is 0 Å². The number of hydrogen-bond donors (Lipinski definition) is 1. The Morgan fingerprint density at radius 1 is 1.07 bits per heavy atom. The predicted octanol–water partition coefficient (Wildman–Crippen LogP) is -0.129. The van der Waals surface area contributed by atoms with Crippen LogP contribution in [0.1, 0.15) is 12.8 Å². The molecule has 0 unspecified atom stereocenters. The highest BCUT2D eigenvalue weighted by Gasteiger charge is 2.09. The van der Waals surface area contributed by atoms with Crippen molar-refractivity contribution in [1.29, 1.82) is 0 Å². The van der Waals surface area contributed by atoms with Gasteiger partial charge in [-0.05, 0) is 14.1 Å². The summed E-state index contributed by atoms with van der Waals surface area (Å²) >= 11 is 0. The van der Waals surface area contributed by atoms with Crippen LogP contribution in [0.5, 0.6) is 0 Å². The fourth-order valence-corrected chi connectivity index (χ4v) is 0.898. The van der Waals surface area contributed by atoms with E-state index in [4.69, 9.17) is 5.11 Å². The Bertz CT molecular complexity index is 204. The van der Waals surface area contributed by atoms with E-state index in [-0.39, 0.29) is 18.9 Å². The van der Waals surface area contributed by atoms with E-state index in [0.717, 1.165) is 0 Å². The number of carboxylic acids is 1. The molecular formula is C9H18N2O3. The Morgan fingerprint density at radius 2 is 1.64 bits per heavy atom. The summed E-state index contributed by atoms with van der Waals surface area (Å²) in [5, 5.41) is 8.42. The van der Waals surface area contributed by atoms with Gasteiger partial charge in [-0.15, -0.1) is 0 Å². The molecule has 0 aliphatic rings. The molecule has 1 amide bonds. The van der Waals surface area contributed by atoms with Crippen LogP contribution in [0.15, 0.2) is 0 Å². The molecule has 0 aromatic rings. The molecule has 0 aromatic heterocycles. The molecule has 0 aromatic carbocycles. The third kappa shape index (κ3) is 6.42. The van der Waals surface area contributed by atoms with Gasteiger partial charge in [0.25, 0.3) is 0 Å². The molecule has 0 bridgehead atoms. The molecule has 0 radical (unpaired) electrons. The zero-order valence-corrected chi connectivity index (χ0v) is 8.99. The molecule has 0 aliphatic carbocycles. The highest BCUT2D eigenvalue weighted by molar-refractivity contribution is 5.76. The van der Waals surface area contributed by atoms with E-state index in [9.17, 15) is 9.59 Å². The summed E-state index contributed by atoms with van der Waals surface area (Å²) in [6.07, 6.45) is 0.438. The zero-order valence-electron chi connectivity index (χ0n) is 8.99. The van der Waals surface area contributed by atoms with E-state index < -0.39 is 5.97 Å². The summed E-state index contributed by atoms with van der Waals surface area (Å²) < 4.78 is 0. The Labute approximate surface area is 84.3 Å². The molecule has 5 heteroatoms. The molecule has 0 rings (SSSR count). The largest absolute Gasteiger partial charge is 0.481 e. The summed E-state index contributed by atoms with van der Waals surface area (Å²) in [6, 6.07) is 0. The van der Waals surface area contributed by atoms with Gasteiger partial charge in [-0.1, -0.05) is 0 Å². The average molecular weight is 202 g/mol. The maximum atomic E-state index is 11.4. The molecule has 0 fully saturated rings. The minimum Gasteiger partial charge on any atom is -0.481 e. The molecule has 5 nitrogen and oxygen atoms in total. The second-order valence-electron chi connectivity index (χ2n) is 3.51. The van der Waals surface area contributed by atoms with E-state index >= 15 is 0 Å². The molecule has 0 aliphatic heterocycles. The quantitative estimate of drug-likeness (QED) is 0.652. The number of aliphatic carboxylic acids is 1. The Kier molecular flexibility index (Phi) is 5.87. The van der Waals surface area contributed by atoms with Crippen molar-refractivity contribution >= 4 is 11.9 Å². The highest BCUT2D eigenvalue weighted by Crippen LogP contribution is 1.94. The lowest BCUT2D eigenvalue weighted by Gasteiger charge is -2.17. The van der Waals surface area contributed by atoms with E-state index in [1.165, 1.54) is 4.90 Å². The number of rotatable bonds is 6.